The number of rotatable bonds is 5. The van der Waals surface area contributed by atoms with E-state index in [1.54, 1.807) is 6.20 Å². The molecule has 6 heteroatoms. The molecule has 1 unspecified atom stereocenters. The van der Waals surface area contributed by atoms with Crippen LogP contribution in [-0.2, 0) is 15.1 Å². The molecule has 25 heavy (non-hydrogen) atoms. The van der Waals surface area contributed by atoms with Gasteiger partial charge in [-0.25, -0.2) is 4.68 Å². The zero-order valence-corrected chi connectivity index (χ0v) is 15.3. The lowest BCUT2D eigenvalue weighted by molar-refractivity contribution is -0.133. The summed E-state index contributed by atoms with van der Waals surface area (Å²) in [6, 6.07) is 6.06. The number of aromatic nitrogens is 3. The monoisotopic (exact) mass is 342 g/mol. The first-order valence-corrected chi connectivity index (χ1v) is 8.76. The minimum absolute atomic E-state index is 0.0132. The summed E-state index contributed by atoms with van der Waals surface area (Å²) in [6.07, 6.45) is 4.53. The van der Waals surface area contributed by atoms with Crippen molar-refractivity contribution < 1.29 is 9.53 Å². The smallest absolute Gasteiger partial charge is 0.293 e. The van der Waals surface area contributed by atoms with Crippen molar-refractivity contribution in [3.63, 3.8) is 0 Å². The zero-order chi connectivity index (χ0) is 18.0. The fourth-order valence-electron chi connectivity index (χ4n) is 3.36. The number of nitrogens with one attached hydrogen (secondary N) is 1. The standard InChI is InChI=1S/C19H26N4O2/c1-13-16(6-5-9-20-13)21-18-11-17(22-23(18)19(2,3)4)14-7-8-15(10-14)25-12-24/h5-6,9,11-12,14-15,21H,7-8,10H2,1-4H3/t14-,15?/m0/s1. The average molecular weight is 342 g/mol. The van der Waals surface area contributed by atoms with Gasteiger partial charge in [0.2, 0.25) is 0 Å². The second kappa shape index (κ2) is 6.86. The summed E-state index contributed by atoms with van der Waals surface area (Å²) in [5.41, 5.74) is 2.84. The van der Waals surface area contributed by atoms with Crippen LogP contribution in [0.3, 0.4) is 0 Å². The minimum atomic E-state index is -0.145. The van der Waals surface area contributed by atoms with E-state index in [4.69, 9.17) is 9.84 Å². The quantitative estimate of drug-likeness (QED) is 0.835. The molecule has 0 bridgehead atoms. The highest BCUT2D eigenvalue weighted by Crippen LogP contribution is 2.37. The second-order valence-corrected chi connectivity index (χ2v) is 7.66. The molecule has 3 rings (SSSR count). The first-order valence-electron chi connectivity index (χ1n) is 8.76. The maximum atomic E-state index is 10.6. The number of pyridine rings is 1. The van der Waals surface area contributed by atoms with Crippen LogP contribution >= 0.6 is 0 Å². The molecule has 0 spiro atoms. The summed E-state index contributed by atoms with van der Waals surface area (Å²) in [6.45, 7) is 8.95. The van der Waals surface area contributed by atoms with E-state index in [0.717, 1.165) is 42.2 Å². The molecule has 2 aromatic heterocycles. The van der Waals surface area contributed by atoms with Crippen LogP contribution in [0.4, 0.5) is 11.5 Å². The summed E-state index contributed by atoms with van der Waals surface area (Å²) < 4.78 is 7.16. The maximum Gasteiger partial charge on any atom is 0.293 e. The summed E-state index contributed by atoms with van der Waals surface area (Å²) in [7, 11) is 0. The van der Waals surface area contributed by atoms with E-state index in [9.17, 15) is 4.79 Å². The molecule has 1 fully saturated rings. The summed E-state index contributed by atoms with van der Waals surface area (Å²) in [5, 5.41) is 8.35. The number of carbonyl (C=O) groups excluding carboxylic acids is 1. The van der Waals surface area contributed by atoms with Gasteiger partial charge in [0.05, 0.1) is 22.6 Å². The molecule has 0 radical (unpaired) electrons. The van der Waals surface area contributed by atoms with Crippen molar-refractivity contribution in [1.29, 1.82) is 0 Å². The third-order valence-electron chi connectivity index (χ3n) is 4.68. The van der Waals surface area contributed by atoms with Gasteiger partial charge in [-0.2, -0.15) is 5.10 Å². The van der Waals surface area contributed by atoms with Crippen molar-refractivity contribution in [1.82, 2.24) is 14.8 Å². The Kier molecular flexibility index (Phi) is 4.79. The van der Waals surface area contributed by atoms with Gasteiger partial charge in [0.1, 0.15) is 11.9 Å². The van der Waals surface area contributed by atoms with Crippen LogP contribution < -0.4 is 5.32 Å². The Hall–Kier alpha value is -2.37. The van der Waals surface area contributed by atoms with Crippen molar-refractivity contribution in [2.45, 2.75) is 64.5 Å². The number of hydrogen-bond donors (Lipinski definition) is 1. The minimum Gasteiger partial charge on any atom is -0.465 e. The molecule has 1 aliphatic rings. The average Bonchev–Trinajstić information content (AvgIpc) is 3.16. The number of ether oxygens (including phenoxy) is 1. The predicted molar refractivity (Wildman–Crippen MR) is 97.0 cm³/mol. The molecule has 1 aliphatic carbocycles. The van der Waals surface area contributed by atoms with Gasteiger partial charge in [-0.05, 0) is 59.1 Å². The van der Waals surface area contributed by atoms with Gasteiger partial charge in [-0.1, -0.05) is 0 Å². The molecule has 2 heterocycles. The molecule has 1 saturated carbocycles. The molecule has 0 aliphatic heterocycles. The lowest BCUT2D eigenvalue weighted by atomic mass is 10.0. The van der Waals surface area contributed by atoms with Gasteiger partial charge < -0.3 is 10.1 Å². The molecule has 134 valence electrons. The van der Waals surface area contributed by atoms with Crippen LogP contribution in [0.25, 0.3) is 0 Å². The molecule has 6 nitrogen and oxygen atoms in total. The van der Waals surface area contributed by atoms with E-state index >= 15 is 0 Å². The van der Waals surface area contributed by atoms with Gasteiger partial charge in [-0.3, -0.25) is 9.78 Å². The van der Waals surface area contributed by atoms with E-state index < -0.39 is 0 Å². The Balaban J connectivity index is 1.88. The Labute approximate surface area is 148 Å². The van der Waals surface area contributed by atoms with E-state index in [1.165, 1.54) is 0 Å². The van der Waals surface area contributed by atoms with Crippen LogP contribution in [0.15, 0.2) is 24.4 Å². The first kappa shape index (κ1) is 17.5. The Morgan fingerprint density at radius 2 is 2.16 bits per heavy atom. The van der Waals surface area contributed by atoms with E-state index in [1.807, 2.05) is 23.7 Å². The largest absolute Gasteiger partial charge is 0.465 e. The van der Waals surface area contributed by atoms with E-state index in [2.05, 4.69) is 37.1 Å². The molecule has 2 aromatic rings. The van der Waals surface area contributed by atoms with Crippen LogP contribution in [-0.4, -0.2) is 27.3 Å². The van der Waals surface area contributed by atoms with Gasteiger partial charge >= 0.3 is 0 Å². The molecule has 1 N–H and O–H groups in total. The summed E-state index contributed by atoms with van der Waals surface area (Å²) in [5.74, 6) is 1.28. The fourth-order valence-corrected chi connectivity index (χ4v) is 3.36. The van der Waals surface area contributed by atoms with Crippen molar-refractivity contribution in [2.75, 3.05) is 5.32 Å². The van der Waals surface area contributed by atoms with Crippen LogP contribution in [0, 0.1) is 6.92 Å². The van der Waals surface area contributed by atoms with Crippen molar-refractivity contribution in [3.8, 4) is 0 Å². The predicted octanol–water partition coefficient (Wildman–Crippen LogP) is 3.89. The van der Waals surface area contributed by atoms with Crippen LogP contribution in [0.1, 0.15) is 57.3 Å². The molecule has 0 saturated heterocycles. The Morgan fingerprint density at radius 3 is 2.84 bits per heavy atom. The SMILES string of the molecule is Cc1ncccc1Nc1cc([C@H]2CCC(OC=O)C2)nn1C(C)(C)C. The van der Waals surface area contributed by atoms with Crippen molar-refractivity contribution in [2.24, 2.45) is 0 Å². The summed E-state index contributed by atoms with van der Waals surface area (Å²) in [4.78, 5) is 14.9. The highest BCUT2D eigenvalue weighted by molar-refractivity contribution is 5.59. The Morgan fingerprint density at radius 1 is 1.36 bits per heavy atom. The van der Waals surface area contributed by atoms with Gasteiger partial charge in [0, 0.05) is 18.2 Å². The maximum absolute atomic E-state index is 10.6. The summed E-state index contributed by atoms with van der Waals surface area (Å²) >= 11 is 0. The molecule has 0 amide bonds. The Bertz CT molecular complexity index is 748. The number of carbonyl (C=O) groups is 1. The van der Waals surface area contributed by atoms with E-state index in [-0.39, 0.29) is 11.6 Å². The molecular formula is C19H26N4O2. The van der Waals surface area contributed by atoms with Crippen LogP contribution in [0.2, 0.25) is 0 Å². The highest BCUT2D eigenvalue weighted by Gasteiger charge is 2.30. The number of hydrogen-bond acceptors (Lipinski definition) is 5. The van der Waals surface area contributed by atoms with Gasteiger partial charge in [0.15, 0.2) is 0 Å². The third-order valence-corrected chi connectivity index (χ3v) is 4.68. The lowest BCUT2D eigenvalue weighted by Gasteiger charge is -2.23. The van der Waals surface area contributed by atoms with Crippen LogP contribution in [0.5, 0.6) is 0 Å². The lowest BCUT2D eigenvalue weighted by Crippen LogP contribution is -2.25. The zero-order valence-electron chi connectivity index (χ0n) is 15.3. The van der Waals surface area contributed by atoms with Gasteiger partial charge in [-0.15, -0.1) is 0 Å². The van der Waals surface area contributed by atoms with Crippen molar-refractivity contribution in [3.05, 3.63) is 35.8 Å². The molecular weight excluding hydrogens is 316 g/mol. The van der Waals surface area contributed by atoms with E-state index in [0.29, 0.717) is 12.4 Å². The third kappa shape index (κ3) is 3.83. The molecule has 2 atom stereocenters. The number of anilines is 2. The fraction of sp³-hybridized carbons (Fsp3) is 0.526. The number of nitrogens with zero attached hydrogens (tertiary/aromatic N) is 3. The topological polar surface area (TPSA) is 69.0 Å². The normalized spacial score (nSPS) is 20.5. The number of aryl methyl sites for hydroxylation is 1. The highest BCUT2D eigenvalue weighted by atomic mass is 16.5. The molecule has 0 aromatic carbocycles. The second-order valence-electron chi connectivity index (χ2n) is 7.66. The van der Waals surface area contributed by atoms with Gasteiger partial charge in [0.25, 0.3) is 6.47 Å². The first-order chi connectivity index (χ1) is 11.9. The van der Waals surface area contributed by atoms with Crippen molar-refractivity contribution >= 4 is 18.0 Å².